The Bertz CT molecular complexity index is 989. The van der Waals surface area contributed by atoms with E-state index in [9.17, 15) is 9.59 Å². The van der Waals surface area contributed by atoms with Crippen LogP contribution in [-0.4, -0.2) is 25.1 Å². The number of thiazole rings is 1. The summed E-state index contributed by atoms with van der Waals surface area (Å²) in [4.78, 5) is 29.2. The molecule has 0 amide bonds. The van der Waals surface area contributed by atoms with Crippen molar-refractivity contribution in [3.63, 3.8) is 0 Å². The van der Waals surface area contributed by atoms with Crippen molar-refractivity contribution in [2.45, 2.75) is 33.9 Å². The molecule has 0 saturated carbocycles. The molecule has 0 atom stereocenters. The van der Waals surface area contributed by atoms with Gasteiger partial charge in [0.15, 0.2) is 4.96 Å². The molecule has 0 aliphatic carbocycles. The van der Waals surface area contributed by atoms with Crippen LogP contribution in [0.25, 0.3) is 4.96 Å². The topological polar surface area (TPSA) is 78.5 Å². The Labute approximate surface area is 152 Å². The maximum absolute atomic E-state index is 12.4. The van der Waals surface area contributed by atoms with Gasteiger partial charge in [-0.05, 0) is 12.8 Å². The predicted molar refractivity (Wildman–Crippen MR) is 95.3 cm³/mol. The van der Waals surface area contributed by atoms with E-state index in [0.29, 0.717) is 28.8 Å². The number of hydrogen-bond donors (Lipinski definition) is 0. The van der Waals surface area contributed by atoms with Gasteiger partial charge in [-0.3, -0.25) is 13.9 Å². The van der Waals surface area contributed by atoms with Gasteiger partial charge in [-0.15, -0.1) is 11.3 Å². The number of fused-ring (bicyclic) bond motifs is 1. The van der Waals surface area contributed by atoms with E-state index in [2.05, 4.69) is 10.1 Å². The first-order chi connectivity index (χ1) is 11.9. The lowest BCUT2D eigenvalue weighted by atomic mass is 10.2. The summed E-state index contributed by atoms with van der Waals surface area (Å²) in [5.74, 6) is -0.235. The van der Waals surface area contributed by atoms with Crippen LogP contribution in [0.5, 0.6) is 0 Å². The number of ether oxygens (including phenoxy) is 1. The average molecular weight is 381 g/mol. The zero-order valence-corrected chi connectivity index (χ0v) is 15.6. The van der Waals surface area contributed by atoms with E-state index in [1.54, 1.807) is 23.2 Å². The molecule has 3 aromatic rings. The van der Waals surface area contributed by atoms with Crippen LogP contribution in [0.3, 0.4) is 0 Å². The maximum Gasteiger partial charge on any atom is 0.343 e. The summed E-state index contributed by atoms with van der Waals surface area (Å²) < 4.78 is 8.33. The monoisotopic (exact) mass is 380 g/mol. The van der Waals surface area contributed by atoms with Gasteiger partial charge in [0.1, 0.15) is 17.3 Å². The van der Waals surface area contributed by atoms with E-state index < -0.39 is 5.97 Å². The van der Waals surface area contributed by atoms with E-state index in [0.717, 1.165) is 0 Å². The van der Waals surface area contributed by atoms with Gasteiger partial charge in [-0.2, -0.15) is 5.10 Å². The molecule has 0 unspecified atom stereocenters. The zero-order valence-electron chi connectivity index (χ0n) is 14.0. The number of nitrogens with zero attached hydrogens (tertiary/aromatic N) is 4. The molecule has 0 aliphatic rings. The predicted octanol–water partition coefficient (Wildman–Crippen LogP) is 2.93. The van der Waals surface area contributed by atoms with Gasteiger partial charge in [0.2, 0.25) is 0 Å². The normalized spacial score (nSPS) is 11.4. The lowest BCUT2D eigenvalue weighted by Gasteiger charge is -2.07. The van der Waals surface area contributed by atoms with Gasteiger partial charge in [0.25, 0.3) is 5.56 Å². The Morgan fingerprint density at radius 3 is 2.92 bits per heavy atom. The first-order valence-electron chi connectivity index (χ1n) is 7.72. The standard InChI is InChI=1S/C16H17ClN4O3S/c1-9(2)7-21-14(17)13(10(3)19-21)15(23)24-8-11-6-12(22)20-4-5-25-16(20)18-11/h4-6,9H,7-8H2,1-3H3. The van der Waals surface area contributed by atoms with Gasteiger partial charge in [-0.1, -0.05) is 25.4 Å². The Balaban J connectivity index is 1.78. The van der Waals surface area contributed by atoms with Crippen molar-refractivity contribution < 1.29 is 9.53 Å². The van der Waals surface area contributed by atoms with Gasteiger partial charge in [0, 0.05) is 24.2 Å². The summed E-state index contributed by atoms with van der Waals surface area (Å²) in [6.45, 7) is 6.29. The smallest absolute Gasteiger partial charge is 0.343 e. The Kier molecular flexibility index (Phi) is 4.91. The number of hydrogen-bond acceptors (Lipinski definition) is 6. The summed E-state index contributed by atoms with van der Waals surface area (Å²) in [7, 11) is 0. The first-order valence-corrected chi connectivity index (χ1v) is 8.98. The van der Waals surface area contributed by atoms with Crippen molar-refractivity contribution in [1.29, 1.82) is 0 Å². The molecule has 0 aliphatic heterocycles. The van der Waals surface area contributed by atoms with E-state index in [4.69, 9.17) is 16.3 Å². The third-order valence-corrected chi connectivity index (χ3v) is 4.66. The highest BCUT2D eigenvalue weighted by Crippen LogP contribution is 2.22. The van der Waals surface area contributed by atoms with E-state index in [1.165, 1.54) is 21.8 Å². The quantitative estimate of drug-likeness (QED) is 0.636. The van der Waals surface area contributed by atoms with E-state index >= 15 is 0 Å². The molecule has 0 aromatic carbocycles. The van der Waals surface area contributed by atoms with Crippen LogP contribution in [0.15, 0.2) is 22.4 Å². The van der Waals surface area contributed by atoms with E-state index in [-0.39, 0.29) is 22.9 Å². The second kappa shape index (κ2) is 6.97. The zero-order chi connectivity index (χ0) is 18.1. The molecule has 0 bridgehead atoms. The second-order valence-electron chi connectivity index (χ2n) is 6.04. The lowest BCUT2D eigenvalue weighted by Crippen LogP contribution is -2.15. The van der Waals surface area contributed by atoms with Crippen molar-refractivity contribution in [1.82, 2.24) is 19.2 Å². The number of aromatic nitrogens is 4. The lowest BCUT2D eigenvalue weighted by molar-refractivity contribution is 0.0467. The van der Waals surface area contributed by atoms with Gasteiger partial charge in [-0.25, -0.2) is 9.78 Å². The van der Waals surface area contributed by atoms with Crippen molar-refractivity contribution in [2.24, 2.45) is 5.92 Å². The van der Waals surface area contributed by atoms with Crippen molar-refractivity contribution in [2.75, 3.05) is 0 Å². The van der Waals surface area contributed by atoms with E-state index in [1.807, 2.05) is 13.8 Å². The van der Waals surface area contributed by atoms with Crippen molar-refractivity contribution >= 4 is 33.9 Å². The SMILES string of the molecule is Cc1nn(CC(C)C)c(Cl)c1C(=O)OCc1cc(=O)n2ccsc2n1. The molecule has 3 aromatic heterocycles. The average Bonchev–Trinajstić information content (AvgIpc) is 3.10. The molecule has 25 heavy (non-hydrogen) atoms. The minimum atomic E-state index is -0.578. The largest absolute Gasteiger partial charge is 0.455 e. The number of carbonyl (C=O) groups excluding carboxylic acids is 1. The van der Waals surface area contributed by atoms with Crippen LogP contribution < -0.4 is 5.56 Å². The van der Waals surface area contributed by atoms with Gasteiger partial charge >= 0.3 is 5.97 Å². The summed E-state index contributed by atoms with van der Waals surface area (Å²) in [5, 5.41) is 6.32. The third-order valence-electron chi connectivity index (χ3n) is 3.52. The molecule has 0 fully saturated rings. The summed E-state index contributed by atoms with van der Waals surface area (Å²) in [6, 6.07) is 1.35. The Morgan fingerprint density at radius 2 is 2.20 bits per heavy atom. The molecule has 0 saturated heterocycles. The number of carbonyl (C=O) groups is 1. The molecule has 3 heterocycles. The van der Waals surface area contributed by atoms with Crippen LogP contribution in [-0.2, 0) is 17.9 Å². The van der Waals surface area contributed by atoms with Crippen LogP contribution in [0.1, 0.15) is 35.6 Å². The number of rotatable bonds is 5. The van der Waals surface area contributed by atoms with Gasteiger partial charge in [0.05, 0.1) is 11.4 Å². The summed E-state index contributed by atoms with van der Waals surface area (Å²) >= 11 is 7.61. The first kappa shape index (κ1) is 17.6. The minimum absolute atomic E-state index is 0.104. The van der Waals surface area contributed by atoms with Gasteiger partial charge < -0.3 is 4.74 Å². The van der Waals surface area contributed by atoms with Crippen LogP contribution in [0.2, 0.25) is 5.15 Å². The number of halogens is 1. The molecular weight excluding hydrogens is 364 g/mol. The molecule has 0 radical (unpaired) electrons. The molecule has 0 N–H and O–H groups in total. The fraction of sp³-hybridized carbons (Fsp3) is 0.375. The second-order valence-corrected chi connectivity index (χ2v) is 7.28. The highest BCUT2D eigenvalue weighted by molar-refractivity contribution is 7.15. The molecule has 9 heteroatoms. The highest BCUT2D eigenvalue weighted by Gasteiger charge is 2.22. The minimum Gasteiger partial charge on any atom is -0.455 e. The number of aryl methyl sites for hydroxylation is 1. The third kappa shape index (κ3) is 3.59. The Hall–Kier alpha value is -2.19. The van der Waals surface area contributed by atoms with Crippen LogP contribution in [0.4, 0.5) is 0 Å². The highest BCUT2D eigenvalue weighted by atomic mass is 35.5. The molecule has 3 rings (SSSR count). The molecule has 0 spiro atoms. The Morgan fingerprint density at radius 1 is 1.44 bits per heavy atom. The maximum atomic E-state index is 12.4. The molecule has 132 valence electrons. The molecule has 7 nitrogen and oxygen atoms in total. The summed E-state index contributed by atoms with van der Waals surface area (Å²) in [6.07, 6.45) is 1.65. The number of esters is 1. The van der Waals surface area contributed by atoms with Crippen LogP contribution in [0, 0.1) is 12.8 Å². The van der Waals surface area contributed by atoms with Crippen molar-refractivity contribution in [3.8, 4) is 0 Å². The molecular formula is C16H17ClN4O3S. The van der Waals surface area contributed by atoms with Crippen molar-refractivity contribution in [3.05, 3.63) is 50.1 Å². The summed E-state index contributed by atoms with van der Waals surface area (Å²) in [5.41, 5.74) is 0.939. The fourth-order valence-corrected chi connectivity index (χ4v) is 3.48. The van der Waals surface area contributed by atoms with Crippen LogP contribution >= 0.6 is 22.9 Å². The fourth-order valence-electron chi connectivity index (χ4n) is 2.43.